The highest BCUT2D eigenvalue weighted by Gasteiger charge is 2.20. The molecular weight excluding hydrogens is 212 g/mol. The number of β-amino-alcohol motifs (C(OH)–C–C–N with tert-alkyl or cyclic N) is 1. The van der Waals surface area contributed by atoms with Crippen molar-refractivity contribution in [3.05, 3.63) is 35.4 Å². The molecule has 0 amide bonds. The summed E-state index contributed by atoms with van der Waals surface area (Å²) >= 11 is 0. The lowest BCUT2D eigenvalue weighted by atomic mass is 10.1. The number of likely N-dealkylation sites (tertiary alicyclic amines) is 1. The van der Waals surface area contributed by atoms with Crippen molar-refractivity contribution in [2.75, 3.05) is 13.1 Å². The van der Waals surface area contributed by atoms with Crippen LogP contribution in [0.15, 0.2) is 18.2 Å². The first kappa shape index (κ1) is 11.5. The van der Waals surface area contributed by atoms with E-state index in [9.17, 15) is 13.9 Å². The van der Waals surface area contributed by atoms with Crippen molar-refractivity contribution in [1.29, 1.82) is 0 Å². The van der Waals surface area contributed by atoms with Crippen LogP contribution >= 0.6 is 0 Å². The van der Waals surface area contributed by atoms with Gasteiger partial charge in [-0.05, 0) is 31.5 Å². The quantitative estimate of drug-likeness (QED) is 0.834. The first-order chi connectivity index (χ1) is 7.66. The minimum absolute atomic E-state index is 0.0941. The van der Waals surface area contributed by atoms with E-state index in [1.165, 1.54) is 18.2 Å². The summed E-state index contributed by atoms with van der Waals surface area (Å²) in [6.45, 7) is 1.51. The third kappa shape index (κ3) is 2.57. The van der Waals surface area contributed by atoms with Gasteiger partial charge in [-0.25, -0.2) is 8.78 Å². The van der Waals surface area contributed by atoms with Gasteiger partial charge in [-0.2, -0.15) is 0 Å². The summed E-state index contributed by atoms with van der Waals surface area (Å²) in [5.74, 6) is -1.03. The van der Waals surface area contributed by atoms with Crippen LogP contribution in [0, 0.1) is 11.6 Å². The monoisotopic (exact) mass is 227 g/mol. The maximum atomic E-state index is 13.4. The van der Waals surface area contributed by atoms with Gasteiger partial charge < -0.3 is 5.11 Å². The Morgan fingerprint density at radius 3 is 2.62 bits per heavy atom. The van der Waals surface area contributed by atoms with Gasteiger partial charge in [-0.15, -0.1) is 0 Å². The molecule has 1 aromatic carbocycles. The number of halogens is 2. The van der Waals surface area contributed by atoms with Crippen molar-refractivity contribution < 1.29 is 13.9 Å². The summed E-state index contributed by atoms with van der Waals surface area (Å²) in [5.41, 5.74) is 0.0941. The second kappa shape index (κ2) is 4.89. The number of hydrogen-bond donors (Lipinski definition) is 1. The molecule has 88 valence electrons. The summed E-state index contributed by atoms with van der Waals surface area (Å²) < 4.78 is 26.7. The van der Waals surface area contributed by atoms with Crippen molar-refractivity contribution in [1.82, 2.24) is 4.90 Å². The molecule has 4 heteroatoms. The maximum Gasteiger partial charge on any atom is 0.130 e. The summed E-state index contributed by atoms with van der Waals surface area (Å²) in [6.07, 6.45) is 1.27. The third-order valence-electron chi connectivity index (χ3n) is 2.92. The molecule has 0 aliphatic carbocycles. The van der Waals surface area contributed by atoms with Crippen LogP contribution in [0.3, 0.4) is 0 Å². The smallest absolute Gasteiger partial charge is 0.130 e. The molecular formula is C12H15F2NO. The Hall–Kier alpha value is -1.00. The predicted molar refractivity (Wildman–Crippen MR) is 56.9 cm³/mol. The fraction of sp³-hybridized carbons (Fsp3) is 0.500. The molecule has 0 unspecified atom stereocenters. The largest absolute Gasteiger partial charge is 0.392 e. The molecule has 0 saturated carbocycles. The average Bonchev–Trinajstić information content (AvgIpc) is 2.24. The minimum Gasteiger partial charge on any atom is -0.392 e. The second-order valence-corrected chi connectivity index (χ2v) is 4.23. The molecule has 16 heavy (non-hydrogen) atoms. The second-order valence-electron chi connectivity index (χ2n) is 4.23. The maximum absolute atomic E-state index is 13.4. The van der Waals surface area contributed by atoms with Crippen molar-refractivity contribution in [3.63, 3.8) is 0 Å². The molecule has 0 bridgehead atoms. The van der Waals surface area contributed by atoms with E-state index in [1.54, 1.807) is 0 Å². The molecule has 1 heterocycles. The topological polar surface area (TPSA) is 23.5 Å². The van der Waals surface area contributed by atoms with Crippen molar-refractivity contribution >= 4 is 0 Å². The van der Waals surface area contributed by atoms with E-state index < -0.39 is 11.6 Å². The van der Waals surface area contributed by atoms with E-state index in [1.807, 2.05) is 4.90 Å². The molecule has 1 fully saturated rings. The Labute approximate surface area is 93.5 Å². The van der Waals surface area contributed by atoms with Crippen LogP contribution in [0.4, 0.5) is 8.78 Å². The number of benzene rings is 1. The van der Waals surface area contributed by atoms with Gasteiger partial charge in [0.2, 0.25) is 0 Å². The standard InChI is InChI=1S/C12H15F2NO/c13-11-4-1-5-12(14)10(11)8-15-6-2-3-9(16)7-15/h1,4-5,9,16H,2-3,6-8H2/t9-/m0/s1. The van der Waals surface area contributed by atoms with Crippen LogP contribution in [0.5, 0.6) is 0 Å². The van der Waals surface area contributed by atoms with Gasteiger partial charge >= 0.3 is 0 Å². The van der Waals surface area contributed by atoms with E-state index in [0.717, 1.165) is 19.4 Å². The van der Waals surface area contributed by atoms with Crippen molar-refractivity contribution in [2.45, 2.75) is 25.5 Å². The fourth-order valence-electron chi connectivity index (χ4n) is 2.08. The lowest BCUT2D eigenvalue weighted by molar-refractivity contribution is 0.0656. The molecule has 1 atom stereocenters. The molecule has 1 aromatic rings. The Balaban J connectivity index is 2.08. The third-order valence-corrected chi connectivity index (χ3v) is 2.92. The highest BCUT2D eigenvalue weighted by molar-refractivity contribution is 5.19. The molecule has 0 spiro atoms. The molecule has 0 radical (unpaired) electrons. The van der Waals surface area contributed by atoms with Gasteiger partial charge in [0, 0.05) is 18.7 Å². The number of rotatable bonds is 2. The summed E-state index contributed by atoms with van der Waals surface area (Å²) in [4.78, 5) is 1.88. The van der Waals surface area contributed by atoms with Gasteiger partial charge in [0.05, 0.1) is 6.10 Å². The van der Waals surface area contributed by atoms with E-state index in [2.05, 4.69) is 0 Å². The summed E-state index contributed by atoms with van der Waals surface area (Å²) in [5, 5.41) is 9.47. The van der Waals surface area contributed by atoms with Gasteiger partial charge in [0.1, 0.15) is 11.6 Å². The van der Waals surface area contributed by atoms with E-state index in [4.69, 9.17) is 0 Å². The van der Waals surface area contributed by atoms with Crippen LogP contribution in [0.25, 0.3) is 0 Å². The molecule has 2 nitrogen and oxygen atoms in total. The van der Waals surface area contributed by atoms with E-state index in [0.29, 0.717) is 6.54 Å². The Morgan fingerprint density at radius 1 is 1.31 bits per heavy atom. The van der Waals surface area contributed by atoms with Crippen molar-refractivity contribution in [2.24, 2.45) is 0 Å². The molecule has 1 aliphatic heterocycles. The van der Waals surface area contributed by atoms with Gasteiger partial charge in [0.25, 0.3) is 0 Å². The Morgan fingerprint density at radius 2 is 2.00 bits per heavy atom. The number of hydrogen-bond acceptors (Lipinski definition) is 2. The first-order valence-electron chi connectivity index (χ1n) is 5.50. The Kier molecular flexibility index (Phi) is 3.51. The van der Waals surface area contributed by atoms with Crippen LogP contribution in [0.1, 0.15) is 18.4 Å². The summed E-state index contributed by atoms with van der Waals surface area (Å²) in [6, 6.07) is 3.89. The van der Waals surface area contributed by atoms with E-state index in [-0.39, 0.29) is 18.2 Å². The summed E-state index contributed by atoms with van der Waals surface area (Å²) in [7, 11) is 0. The van der Waals surface area contributed by atoms with Crippen LogP contribution in [0.2, 0.25) is 0 Å². The van der Waals surface area contributed by atoms with Crippen LogP contribution < -0.4 is 0 Å². The van der Waals surface area contributed by atoms with Crippen LogP contribution in [-0.2, 0) is 6.54 Å². The minimum atomic E-state index is -0.514. The number of aliphatic hydroxyl groups excluding tert-OH is 1. The van der Waals surface area contributed by atoms with Gasteiger partial charge in [-0.1, -0.05) is 6.07 Å². The number of piperidine rings is 1. The van der Waals surface area contributed by atoms with Gasteiger partial charge in [-0.3, -0.25) is 4.90 Å². The normalized spacial score (nSPS) is 22.3. The number of nitrogens with zero attached hydrogens (tertiary/aromatic N) is 1. The SMILES string of the molecule is O[C@H]1CCCN(Cc2c(F)cccc2F)C1. The van der Waals surface area contributed by atoms with Crippen LogP contribution in [-0.4, -0.2) is 29.2 Å². The molecule has 2 rings (SSSR count). The predicted octanol–water partition coefficient (Wildman–Crippen LogP) is 1.92. The van der Waals surface area contributed by atoms with Gasteiger partial charge in [0.15, 0.2) is 0 Å². The fourth-order valence-corrected chi connectivity index (χ4v) is 2.08. The average molecular weight is 227 g/mol. The lowest BCUT2D eigenvalue weighted by Gasteiger charge is -2.30. The molecule has 0 aromatic heterocycles. The molecule has 1 aliphatic rings. The zero-order chi connectivity index (χ0) is 11.5. The first-order valence-corrected chi connectivity index (χ1v) is 5.50. The highest BCUT2D eigenvalue weighted by atomic mass is 19.1. The molecule has 1 saturated heterocycles. The van der Waals surface area contributed by atoms with Crippen molar-refractivity contribution in [3.8, 4) is 0 Å². The lowest BCUT2D eigenvalue weighted by Crippen LogP contribution is -2.38. The highest BCUT2D eigenvalue weighted by Crippen LogP contribution is 2.18. The zero-order valence-electron chi connectivity index (χ0n) is 9.00. The Bertz CT molecular complexity index is 350. The molecule has 1 N–H and O–H groups in total. The van der Waals surface area contributed by atoms with E-state index >= 15 is 0 Å². The number of aliphatic hydroxyl groups is 1. The zero-order valence-corrected chi connectivity index (χ0v) is 9.00.